The van der Waals surface area contributed by atoms with Crippen molar-refractivity contribution in [3.63, 3.8) is 0 Å². The second kappa shape index (κ2) is 6.70. The molecule has 0 aliphatic carbocycles. The summed E-state index contributed by atoms with van der Waals surface area (Å²) in [5.74, 6) is 1.70. The lowest BCUT2D eigenvalue weighted by Crippen LogP contribution is -2.25. The molecule has 106 valence electrons. The molecule has 1 N–H and O–H groups in total. The third-order valence-corrected chi connectivity index (χ3v) is 3.42. The number of anilines is 2. The van der Waals surface area contributed by atoms with Crippen molar-refractivity contribution in [2.75, 3.05) is 36.5 Å². The van der Waals surface area contributed by atoms with E-state index in [-0.39, 0.29) is 0 Å². The minimum Gasteiger partial charge on any atom is -0.376 e. The molecule has 2 heterocycles. The molecule has 1 fully saturated rings. The first-order valence-corrected chi connectivity index (χ1v) is 7.19. The molecular weight excluding hydrogens is 240 g/mol. The van der Waals surface area contributed by atoms with Crippen molar-refractivity contribution < 1.29 is 4.74 Å². The number of hydrogen-bond acceptors (Lipinski definition) is 5. The molecule has 0 bridgehead atoms. The topological polar surface area (TPSA) is 50.3 Å². The third kappa shape index (κ3) is 3.80. The first kappa shape index (κ1) is 14.1. The van der Waals surface area contributed by atoms with Crippen LogP contribution in [-0.4, -0.2) is 42.3 Å². The van der Waals surface area contributed by atoms with E-state index in [1.54, 1.807) is 0 Å². The van der Waals surface area contributed by atoms with Gasteiger partial charge in [0.05, 0.1) is 6.10 Å². The Balaban J connectivity index is 2.03. The van der Waals surface area contributed by atoms with Crippen LogP contribution in [0.2, 0.25) is 0 Å². The molecule has 5 nitrogen and oxygen atoms in total. The van der Waals surface area contributed by atoms with E-state index in [0.717, 1.165) is 50.1 Å². The van der Waals surface area contributed by atoms with Gasteiger partial charge in [-0.15, -0.1) is 0 Å². The predicted molar refractivity (Wildman–Crippen MR) is 77.8 cm³/mol. The van der Waals surface area contributed by atoms with Gasteiger partial charge in [0.25, 0.3) is 0 Å². The number of aryl methyl sites for hydroxylation is 1. The van der Waals surface area contributed by atoms with Gasteiger partial charge in [0.2, 0.25) is 5.95 Å². The maximum atomic E-state index is 5.61. The number of nitrogens with one attached hydrogen (secondary N) is 1. The predicted octanol–water partition coefficient (Wildman–Crippen LogP) is 2.22. The van der Waals surface area contributed by atoms with E-state index >= 15 is 0 Å². The van der Waals surface area contributed by atoms with Crippen molar-refractivity contribution in [2.24, 2.45) is 0 Å². The largest absolute Gasteiger partial charge is 0.376 e. The van der Waals surface area contributed by atoms with Crippen LogP contribution in [0.15, 0.2) is 6.07 Å². The molecule has 0 aromatic carbocycles. The van der Waals surface area contributed by atoms with Crippen LogP contribution in [-0.2, 0) is 4.74 Å². The first-order chi connectivity index (χ1) is 9.22. The molecule has 5 heteroatoms. The van der Waals surface area contributed by atoms with Gasteiger partial charge >= 0.3 is 0 Å². The fourth-order valence-electron chi connectivity index (χ4n) is 2.32. The average Bonchev–Trinajstić information content (AvgIpc) is 2.90. The van der Waals surface area contributed by atoms with E-state index in [2.05, 4.69) is 34.0 Å². The minimum atomic E-state index is 0.326. The fraction of sp³-hybridized carbons (Fsp3) is 0.714. The van der Waals surface area contributed by atoms with Crippen molar-refractivity contribution >= 4 is 11.8 Å². The molecule has 0 amide bonds. The maximum Gasteiger partial charge on any atom is 0.227 e. The molecule has 1 aromatic rings. The lowest BCUT2D eigenvalue weighted by atomic mass is 10.2. The highest BCUT2D eigenvalue weighted by Gasteiger charge is 2.15. The SMILES string of the molecule is CCN(CC)c1nc(C)cc(NCC2CCCO2)n1. The van der Waals surface area contributed by atoms with Gasteiger partial charge in [-0.1, -0.05) is 0 Å². The standard InChI is InChI=1S/C14H24N4O/c1-4-18(5-2)14-16-11(3)9-13(17-14)15-10-12-7-6-8-19-12/h9,12H,4-8,10H2,1-3H3,(H,15,16,17). The van der Waals surface area contributed by atoms with Gasteiger partial charge in [0, 0.05) is 38.0 Å². The van der Waals surface area contributed by atoms with Gasteiger partial charge in [0.15, 0.2) is 0 Å². The third-order valence-electron chi connectivity index (χ3n) is 3.42. The first-order valence-electron chi connectivity index (χ1n) is 7.19. The number of nitrogens with zero attached hydrogens (tertiary/aromatic N) is 3. The van der Waals surface area contributed by atoms with E-state index in [0.29, 0.717) is 6.10 Å². The van der Waals surface area contributed by atoms with E-state index in [1.165, 1.54) is 6.42 Å². The summed E-state index contributed by atoms with van der Waals surface area (Å²) in [4.78, 5) is 11.2. The zero-order chi connectivity index (χ0) is 13.7. The molecule has 0 saturated carbocycles. The smallest absolute Gasteiger partial charge is 0.227 e. The lowest BCUT2D eigenvalue weighted by molar-refractivity contribution is 0.120. The Kier molecular flexibility index (Phi) is 4.96. The van der Waals surface area contributed by atoms with Crippen LogP contribution in [0.1, 0.15) is 32.4 Å². The van der Waals surface area contributed by atoms with E-state index in [9.17, 15) is 0 Å². The summed E-state index contributed by atoms with van der Waals surface area (Å²) in [6.45, 7) is 9.81. The zero-order valence-electron chi connectivity index (χ0n) is 12.1. The Morgan fingerprint density at radius 3 is 2.79 bits per heavy atom. The van der Waals surface area contributed by atoms with E-state index in [4.69, 9.17) is 4.74 Å². The highest BCUT2D eigenvalue weighted by atomic mass is 16.5. The summed E-state index contributed by atoms with van der Waals surface area (Å²) in [6, 6.07) is 1.99. The second-order valence-corrected chi connectivity index (χ2v) is 4.88. The molecule has 1 unspecified atom stereocenters. The molecule has 19 heavy (non-hydrogen) atoms. The molecular formula is C14H24N4O. The Hall–Kier alpha value is -1.36. The number of aromatic nitrogens is 2. The average molecular weight is 264 g/mol. The van der Waals surface area contributed by atoms with Crippen LogP contribution in [0.4, 0.5) is 11.8 Å². The Morgan fingerprint density at radius 1 is 1.37 bits per heavy atom. The van der Waals surface area contributed by atoms with Gasteiger partial charge in [-0.2, -0.15) is 4.98 Å². The van der Waals surface area contributed by atoms with E-state index in [1.807, 2.05) is 13.0 Å². The summed E-state index contributed by atoms with van der Waals surface area (Å²) in [6.07, 6.45) is 2.63. The molecule has 0 spiro atoms. The van der Waals surface area contributed by atoms with Gasteiger partial charge in [0.1, 0.15) is 5.82 Å². The van der Waals surface area contributed by atoms with Crippen LogP contribution in [0.5, 0.6) is 0 Å². The highest BCUT2D eigenvalue weighted by Crippen LogP contribution is 2.16. The van der Waals surface area contributed by atoms with Crippen LogP contribution < -0.4 is 10.2 Å². The fourth-order valence-corrected chi connectivity index (χ4v) is 2.32. The van der Waals surface area contributed by atoms with Crippen molar-refractivity contribution in [1.82, 2.24) is 9.97 Å². The summed E-state index contributed by atoms with van der Waals surface area (Å²) < 4.78 is 5.61. The molecule has 1 atom stereocenters. The van der Waals surface area contributed by atoms with E-state index < -0.39 is 0 Å². The summed E-state index contributed by atoms with van der Waals surface area (Å²) in [5.41, 5.74) is 0.992. The normalized spacial score (nSPS) is 18.6. The number of rotatable bonds is 6. The molecule has 1 aliphatic heterocycles. The van der Waals surface area contributed by atoms with Gasteiger partial charge in [-0.05, 0) is 33.6 Å². The quantitative estimate of drug-likeness (QED) is 0.854. The van der Waals surface area contributed by atoms with Crippen molar-refractivity contribution in [1.29, 1.82) is 0 Å². The highest BCUT2D eigenvalue weighted by molar-refractivity contribution is 5.43. The molecule has 1 saturated heterocycles. The van der Waals surface area contributed by atoms with Gasteiger partial charge < -0.3 is 15.0 Å². The zero-order valence-corrected chi connectivity index (χ0v) is 12.1. The maximum absolute atomic E-state index is 5.61. The minimum absolute atomic E-state index is 0.326. The Morgan fingerprint density at radius 2 is 2.16 bits per heavy atom. The lowest BCUT2D eigenvalue weighted by Gasteiger charge is -2.20. The summed E-state index contributed by atoms with van der Waals surface area (Å²) in [7, 11) is 0. The van der Waals surface area contributed by atoms with Crippen LogP contribution >= 0.6 is 0 Å². The van der Waals surface area contributed by atoms with Crippen molar-refractivity contribution in [3.8, 4) is 0 Å². The van der Waals surface area contributed by atoms with Crippen LogP contribution in [0.25, 0.3) is 0 Å². The summed E-state index contributed by atoms with van der Waals surface area (Å²) in [5, 5.41) is 3.37. The molecule has 1 aliphatic rings. The Bertz CT molecular complexity index is 400. The molecule has 2 rings (SSSR count). The van der Waals surface area contributed by atoms with Crippen molar-refractivity contribution in [3.05, 3.63) is 11.8 Å². The Labute approximate surface area is 115 Å². The molecule has 0 radical (unpaired) electrons. The number of hydrogen-bond donors (Lipinski definition) is 1. The number of ether oxygens (including phenoxy) is 1. The molecule has 1 aromatic heterocycles. The van der Waals surface area contributed by atoms with Crippen LogP contribution in [0.3, 0.4) is 0 Å². The van der Waals surface area contributed by atoms with Crippen LogP contribution in [0, 0.1) is 6.92 Å². The monoisotopic (exact) mass is 264 g/mol. The van der Waals surface area contributed by atoms with Crippen molar-refractivity contribution in [2.45, 2.75) is 39.7 Å². The second-order valence-electron chi connectivity index (χ2n) is 4.88. The summed E-state index contributed by atoms with van der Waals surface area (Å²) >= 11 is 0. The van der Waals surface area contributed by atoms with Gasteiger partial charge in [-0.25, -0.2) is 4.98 Å². The van der Waals surface area contributed by atoms with Gasteiger partial charge in [-0.3, -0.25) is 0 Å².